The molecule has 0 aromatic heterocycles. The van der Waals surface area contributed by atoms with Crippen molar-refractivity contribution >= 4 is 11.7 Å². The molecule has 0 atom stereocenters. The molecule has 0 aliphatic carbocycles. The summed E-state index contributed by atoms with van der Waals surface area (Å²) in [4.78, 5) is 21.3. The lowest BCUT2D eigenvalue weighted by molar-refractivity contribution is -0.124. The van der Waals surface area contributed by atoms with Gasteiger partial charge in [-0.05, 0) is 13.3 Å². The van der Waals surface area contributed by atoms with E-state index in [2.05, 4.69) is 5.32 Å². The zero-order valence-electron chi connectivity index (χ0n) is 7.14. The number of rotatable bonds is 5. The highest BCUT2D eigenvalue weighted by molar-refractivity contribution is 5.83. The van der Waals surface area contributed by atoms with Crippen molar-refractivity contribution < 1.29 is 9.59 Å². The fourth-order valence-electron chi connectivity index (χ4n) is 0.642. The second-order valence-electron chi connectivity index (χ2n) is 2.55. The van der Waals surface area contributed by atoms with E-state index in [0.717, 1.165) is 6.42 Å². The van der Waals surface area contributed by atoms with Gasteiger partial charge in [0.2, 0.25) is 5.91 Å². The Morgan fingerprint density at radius 1 is 1.27 bits per heavy atom. The fourth-order valence-corrected chi connectivity index (χ4v) is 0.642. The van der Waals surface area contributed by atoms with Crippen LogP contribution in [0, 0.1) is 0 Å². The smallest absolute Gasteiger partial charge is 0.220 e. The summed E-state index contributed by atoms with van der Waals surface area (Å²) >= 11 is 0. The van der Waals surface area contributed by atoms with Gasteiger partial charge in [0.25, 0.3) is 0 Å². The second kappa shape index (κ2) is 5.89. The van der Waals surface area contributed by atoms with E-state index in [1.54, 1.807) is 0 Å². The average Bonchev–Trinajstić information content (AvgIpc) is 1.97. The van der Waals surface area contributed by atoms with Crippen LogP contribution in [0.25, 0.3) is 0 Å². The molecule has 1 N–H and O–H groups in total. The third-order valence-corrected chi connectivity index (χ3v) is 1.28. The minimum absolute atomic E-state index is 0.0259. The van der Waals surface area contributed by atoms with Crippen LogP contribution in [0.15, 0.2) is 0 Å². The van der Waals surface area contributed by atoms with E-state index >= 15 is 0 Å². The molecule has 0 saturated heterocycles. The van der Waals surface area contributed by atoms with Gasteiger partial charge in [-0.3, -0.25) is 4.79 Å². The summed E-state index contributed by atoms with van der Waals surface area (Å²) < 4.78 is 0. The third kappa shape index (κ3) is 7.03. The van der Waals surface area contributed by atoms with E-state index in [9.17, 15) is 9.59 Å². The topological polar surface area (TPSA) is 46.2 Å². The van der Waals surface area contributed by atoms with E-state index in [0.29, 0.717) is 19.4 Å². The molecule has 0 saturated carbocycles. The Bertz CT molecular complexity index is 143. The highest BCUT2D eigenvalue weighted by Gasteiger charge is 2.00. The quantitative estimate of drug-likeness (QED) is 0.644. The highest BCUT2D eigenvalue weighted by Crippen LogP contribution is 1.89. The molecule has 64 valence electrons. The Morgan fingerprint density at radius 2 is 1.91 bits per heavy atom. The first-order valence-corrected chi connectivity index (χ1v) is 3.93. The maximum absolute atomic E-state index is 10.8. The summed E-state index contributed by atoms with van der Waals surface area (Å²) in [7, 11) is 0. The Balaban J connectivity index is 3.30. The number of hydrogen-bond donors (Lipinski definition) is 1. The van der Waals surface area contributed by atoms with Crippen molar-refractivity contribution in [3.63, 3.8) is 0 Å². The molecular formula is C8H15NO2. The number of carbonyl (C=O) groups is 2. The SMILES string of the molecule is CCCNC(=O)CCC(C)=O. The standard InChI is InChI=1S/C8H15NO2/c1-3-6-9-8(11)5-4-7(2)10/h3-6H2,1-2H3,(H,9,11). The molecule has 0 aliphatic heterocycles. The van der Waals surface area contributed by atoms with E-state index in [1.807, 2.05) is 6.92 Å². The Kier molecular flexibility index (Phi) is 5.43. The number of hydrogen-bond acceptors (Lipinski definition) is 2. The summed E-state index contributed by atoms with van der Waals surface area (Å²) in [5, 5.41) is 2.70. The first-order chi connectivity index (χ1) is 5.16. The lowest BCUT2D eigenvalue weighted by Crippen LogP contribution is -2.24. The molecule has 11 heavy (non-hydrogen) atoms. The third-order valence-electron chi connectivity index (χ3n) is 1.28. The average molecular weight is 157 g/mol. The summed E-state index contributed by atoms with van der Waals surface area (Å²) in [6.07, 6.45) is 1.62. The van der Waals surface area contributed by atoms with Crippen molar-refractivity contribution in [2.75, 3.05) is 6.54 Å². The highest BCUT2D eigenvalue weighted by atomic mass is 16.2. The molecule has 0 radical (unpaired) electrons. The van der Waals surface area contributed by atoms with E-state index < -0.39 is 0 Å². The van der Waals surface area contributed by atoms with Crippen LogP contribution < -0.4 is 5.32 Å². The lowest BCUT2D eigenvalue weighted by atomic mass is 10.2. The molecule has 0 spiro atoms. The summed E-state index contributed by atoms with van der Waals surface area (Å²) in [5.41, 5.74) is 0. The van der Waals surface area contributed by atoms with Crippen molar-refractivity contribution in [2.24, 2.45) is 0 Å². The van der Waals surface area contributed by atoms with Gasteiger partial charge in [0, 0.05) is 19.4 Å². The lowest BCUT2D eigenvalue weighted by Gasteiger charge is -2.00. The molecule has 0 fully saturated rings. The van der Waals surface area contributed by atoms with Gasteiger partial charge in [-0.25, -0.2) is 0 Å². The minimum Gasteiger partial charge on any atom is -0.356 e. The molecule has 3 heteroatoms. The maximum atomic E-state index is 10.8. The molecule has 0 aromatic rings. The van der Waals surface area contributed by atoms with Gasteiger partial charge in [0.1, 0.15) is 5.78 Å². The van der Waals surface area contributed by atoms with Gasteiger partial charge in [0.15, 0.2) is 0 Å². The van der Waals surface area contributed by atoms with Crippen LogP contribution in [0.4, 0.5) is 0 Å². The van der Waals surface area contributed by atoms with Crippen LogP contribution in [0.5, 0.6) is 0 Å². The van der Waals surface area contributed by atoms with Crippen LogP contribution in [0.2, 0.25) is 0 Å². The van der Waals surface area contributed by atoms with Gasteiger partial charge >= 0.3 is 0 Å². The Morgan fingerprint density at radius 3 is 2.36 bits per heavy atom. The predicted molar refractivity (Wildman–Crippen MR) is 43.2 cm³/mol. The van der Waals surface area contributed by atoms with Crippen molar-refractivity contribution in [2.45, 2.75) is 33.1 Å². The first kappa shape index (κ1) is 10.1. The van der Waals surface area contributed by atoms with Gasteiger partial charge in [-0.1, -0.05) is 6.92 Å². The zero-order valence-corrected chi connectivity index (χ0v) is 7.14. The van der Waals surface area contributed by atoms with E-state index in [-0.39, 0.29) is 11.7 Å². The molecule has 0 rings (SSSR count). The molecule has 0 bridgehead atoms. The molecule has 0 unspecified atom stereocenters. The molecule has 0 aliphatic rings. The largest absolute Gasteiger partial charge is 0.356 e. The van der Waals surface area contributed by atoms with Gasteiger partial charge < -0.3 is 10.1 Å². The zero-order chi connectivity index (χ0) is 8.69. The van der Waals surface area contributed by atoms with Crippen molar-refractivity contribution in [1.82, 2.24) is 5.32 Å². The number of amides is 1. The summed E-state index contributed by atoms with van der Waals surface area (Å²) in [5.74, 6) is 0.0405. The predicted octanol–water partition coefficient (Wildman–Crippen LogP) is 0.882. The second-order valence-corrected chi connectivity index (χ2v) is 2.55. The molecule has 0 aromatic carbocycles. The van der Waals surface area contributed by atoms with Gasteiger partial charge in [0.05, 0.1) is 0 Å². The monoisotopic (exact) mass is 157 g/mol. The van der Waals surface area contributed by atoms with Crippen LogP contribution in [0.1, 0.15) is 33.1 Å². The van der Waals surface area contributed by atoms with Crippen LogP contribution in [0.3, 0.4) is 0 Å². The molecular weight excluding hydrogens is 142 g/mol. The Labute approximate surface area is 67.2 Å². The first-order valence-electron chi connectivity index (χ1n) is 3.93. The molecule has 3 nitrogen and oxygen atoms in total. The van der Waals surface area contributed by atoms with Crippen LogP contribution in [-0.4, -0.2) is 18.2 Å². The van der Waals surface area contributed by atoms with Crippen LogP contribution in [-0.2, 0) is 9.59 Å². The minimum atomic E-state index is -0.0259. The Hall–Kier alpha value is -0.860. The number of ketones is 1. The fraction of sp³-hybridized carbons (Fsp3) is 0.750. The van der Waals surface area contributed by atoms with Crippen molar-refractivity contribution in [1.29, 1.82) is 0 Å². The summed E-state index contributed by atoms with van der Waals surface area (Å²) in [6, 6.07) is 0. The van der Waals surface area contributed by atoms with E-state index in [4.69, 9.17) is 0 Å². The summed E-state index contributed by atoms with van der Waals surface area (Å²) in [6.45, 7) is 4.19. The number of nitrogens with one attached hydrogen (secondary N) is 1. The molecule has 0 heterocycles. The van der Waals surface area contributed by atoms with Gasteiger partial charge in [-0.15, -0.1) is 0 Å². The van der Waals surface area contributed by atoms with Crippen molar-refractivity contribution in [3.05, 3.63) is 0 Å². The van der Waals surface area contributed by atoms with Gasteiger partial charge in [-0.2, -0.15) is 0 Å². The normalized spacial score (nSPS) is 9.27. The van der Waals surface area contributed by atoms with E-state index in [1.165, 1.54) is 6.92 Å². The number of Topliss-reactive ketones (excluding diaryl/α,β-unsaturated/α-hetero) is 1. The maximum Gasteiger partial charge on any atom is 0.220 e. The molecule has 1 amide bonds. The van der Waals surface area contributed by atoms with Crippen molar-refractivity contribution in [3.8, 4) is 0 Å². The number of carbonyl (C=O) groups excluding carboxylic acids is 2. The van der Waals surface area contributed by atoms with Crippen LogP contribution >= 0.6 is 0 Å².